The van der Waals surface area contributed by atoms with E-state index in [1.54, 1.807) is 43.4 Å². The van der Waals surface area contributed by atoms with E-state index in [0.29, 0.717) is 35.7 Å². The van der Waals surface area contributed by atoms with Gasteiger partial charge in [0, 0.05) is 36.3 Å². The highest BCUT2D eigenvalue weighted by Crippen LogP contribution is 2.26. The number of pyridine rings is 1. The summed E-state index contributed by atoms with van der Waals surface area (Å²) in [6.45, 7) is 5.75. The fraction of sp³-hybridized carbons (Fsp3) is 0.304. The Morgan fingerprint density at radius 1 is 1.55 bits per heavy atom. The van der Waals surface area contributed by atoms with E-state index in [0.717, 1.165) is 16.0 Å². The minimum absolute atomic E-state index is 0.132. The van der Waals surface area contributed by atoms with Gasteiger partial charge in [-0.1, -0.05) is 24.8 Å². The van der Waals surface area contributed by atoms with Gasteiger partial charge < -0.3 is 5.11 Å². The normalized spacial score (nSPS) is 17.9. The van der Waals surface area contributed by atoms with Crippen LogP contribution in [0.2, 0.25) is 0 Å². The monoisotopic (exact) mass is 435 g/mol. The van der Waals surface area contributed by atoms with Crippen LogP contribution in [0.5, 0.6) is 0 Å². The Morgan fingerprint density at radius 2 is 2.35 bits per heavy atom. The van der Waals surface area contributed by atoms with Crippen LogP contribution in [0.1, 0.15) is 35.0 Å². The van der Waals surface area contributed by atoms with Crippen molar-refractivity contribution in [2.24, 2.45) is 0 Å². The van der Waals surface area contributed by atoms with Gasteiger partial charge in [0.2, 0.25) is 5.91 Å². The molecule has 2 aromatic rings. The van der Waals surface area contributed by atoms with Crippen LogP contribution in [-0.2, 0) is 17.6 Å². The summed E-state index contributed by atoms with van der Waals surface area (Å²) in [6, 6.07) is 5.36. The Hall–Kier alpha value is -3.12. The van der Waals surface area contributed by atoms with Crippen molar-refractivity contribution in [2.75, 3.05) is 11.9 Å². The topological polar surface area (TPSA) is 102 Å². The molecule has 0 spiro atoms. The zero-order valence-corrected chi connectivity index (χ0v) is 18.4. The zero-order valence-electron chi connectivity index (χ0n) is 17.6. The number of aromatic nitrogens is 2. The minimum atomic E-state index is -1.04. The molecule has 0 radical (unpaired) electrons. The van der Waals surface area contributed by atoms with Gasteiger partial charge in [-0.3, -0.25) is 15.0 Å². The molecule has 1 amide bonds. The maximum absolute atomic E-state index is 12.8. The number of aryl methyl sites for hydroxylation is 1. The van der Waals surface area contributed by atoms with E-state index in [9.17, 15) is 9.90 Å². The second-order valence-corrected chi connectivity index (χ2v) is 8.51. The fourth-order valence-electron chi connectivity index (χ4n) is 3.28. The van der Waals surface area contributed by atoms with Gasteiger partial charge in [0.05, 0.1) is 12.1 Å². The van der Waals surface area contributed by atoms with Crippen LogP contribution < -0.4 is 10.2 Å². The second kappa shape index (κ2) is 10.3. The first-order chi connectivity index (χ1) is 14.9. The third-order valence-electron chi connectivity index (χ3n) is 4.94. The van der Waals surface area contributed by atoms with Crippen LogP contribution in [0.3, 0.4) is 0 Å². The van der Waals surface area contributed by atoms with E-state index in [4.69, 9.17) is 5.26 Å². The lowest BCUT2D eigenvalue weighted by molar-refractivity contribution is -0.121. The molecule has 0 bridgehead atoms. The highest BCUT2D eigenvalue weighted by atomic mass is 32.1. The molecule has 0 aliphatic carbocycles. The van der Waals surface area contributed by atoms with Crippen molar-refractivity contribution < 1.29 is 9.90 Å². The van der Waals surface area contributed by atoms with Gasteiger partial charge >= 0.3 is 0 Å². The summed E-state index contributed by atoms with van der Waals surface area (Å²) in [7, 11) is 1.70. The van der Waals surface area contributed by atoms with Crippen LogP contribution in [0.15, 0.2) is 60.5 Å². The number of allylic oxidation sites excluding steroid dienone is 5. The quantitative estimate of drug-likeness (QED) is 0.393. The molecule has 1 unspecified atom stereocenters. The van der Waals surface area contributed by atoms with Crippen LogP contribution >= 0.6 is 11.3 Å². The van der Waals surface area contributed by atoms with Crippen LogP contribution in [-0.4, -0.2) is 34.1 Å². The summed E-state index contributed by atoms with van der Waals surface area (Å²) >= 11 is 1.37. The third kappa shape index (κ3) is 5.73. The Bertz CT molecular complexity index is 1070. The average molecular weight is 436 g/mol. The molecule has 8 heteroatoms. The number of rotatable bonds is 7. The number of nitriles is 1. The van der Waals surface area contributed by atoms with E-state index in [1.165, 1.54) is 11.3 Å². The number of aliphatic hydroxyl groups excluding tert-OH is 1. The molecule has 31 heavy (non-hydrogen) atoms. The number of nitrogens with one attached hydrogen (secondary N) is 1. The number of hydrogen-bond acceptors (Lipinski definition) is 7. The molecule has 0 saturated heterocycles. The molecule has 2 aromatic heterocycles. The lowest BCUT2D eigenvalue weighted by Gasteiger charge is -2.23. The lowest BCUT2D eigenvalue weighted by Crippen LogP contribution is -2.45. The van der Waals surface area contributed by atoms with Gasteiger partial charge in [0.25, 0.3) is 0 Å². The minimum Gasteiger partial charge on any atom is -0.372 e. The van der Waals surface area contributed by atoms with Gasteiger partial charge in [0.15, 0.2) is 6.23 Å². The van der Waals surface area contributed by atoms with Crippen molar-refractivity contribution in [1.82, 2.24) is 15.3 Å². The van der Waals surface area contributed by atoms with Crippen molar-refractivity contribution in [3.63, 3.8) is 0 Å². The van der Waals surface area contributed by atoms with Gasteiger partial charge in [-0.05, 0) is 43.0 Å². The van der Waals surface area contributed by atoms with Crippen LogP contribution in [0.4, 0.5) is 5.82 Å². The van der Waals surface area contributed by atoms with E-state index >= 15 is 0 Å². The van der Waals surface area contributed by atoms with E-state index in [-0.39, 0.29) is 5.91 Å². The molecule has 0 saturated carbocycles. The Morgan fingerprint density at radius 3 is 3.13 bits per heavy atom. The number of aliphatic hydroxyl groups is 1. The SMILES string of the molecule is C=C(/C=C\C=C(/C)C#N)Cc1cnc(C(O)N[C@H]2CCc3cccnc3N(C)C2=O)s1. The van der Waals surface area contributed by atoms with E-state index in [2.05, 4.69) is 27.9 Å². The maximum Gasteiger partial charge on any atom is 0.245 e. The first kappa shape index (κ1) is 22.6. The van der Waals surface area contributed by atoms with Gasteiger partial charge in [-0.15, -0.1) is 11.3 Å². The molecule has 7 nitrogen and oxygen atoms in total. The maximum atomic E-state index is 12.8. The van der Waals surface area contributed by atoms with Crippen molar-refractivity contribution in [2.45, 2.75) is 38.5 Å². The third-order valence-corrected chi connectivity index (χ3v) is 5.99. The van der Waals surface area contributed by atoms with Gasteiger partial charge in [-0.25, -0.2) is 9.97 Å². The molecular formula is C23H25N5O2S. The van der Waals surface area contributed by atoms with Gasteiger partial charge in [0.1, 0.15) is 10.8 Å². The first-order valence-electron chi connectivity index (χ1n) is 9.92. The smallest absolute Gasteiger partial charge is 0.245 e. The number of nitrogens with zero attached hydrogens (tertiary/aromatic N) is 4. The average Bonchev–Trinajstić information content (AvgIpc) is 3.19. The predicted molar refractivity (Wildman–Crippen MR) is 121 cm³/mol. The summed E-state index contributed by atoms with van der Waals surface area (Å²) in [5, 5.41) is 22.9. The van der Waals surface area contributed by atoms with Crippen molar-refractivity contribution in [3.8, 4) is 6.07 Å². The second-order valence-electron chi connectivity index (χ2n) is 7.36. The van der Waals surface area contributed by atoms with Crippen molar-refractivity contribution in [1.29, 1.82) is 5.26 Å². The number of likely N-dealkylation sites (N-methyl/N-ethyl adjacent to an activating group) is 1. The van der Waals surface area contributed by atoms with Crippen molar-refractivity contribution in [3.05, 3.63) is 75.9 Å². The highest BCUT2D eigenvalue weighted by molar-refractivity contribution is 7.11. The van der Waals surface area contributed by atoms with Gasteiger partial charge in [-0.2, -0.15) is 5.26 Å². The number of hydrogen-bond donors (Lipinski definition) is 2. The number of amides is 1. The summed E-state index contributed by atoms with van der Waals surface area (Å²) in [4.78, 5) is 24.0. The summed E-state index contributed by atoms with van der Waals surface area (Å²) in [5.74, 6) is 0.529. The largest absolute Gasteiger partial charge is 0.372 e. The van der Waals surface area contributed by atoms with Crippen LogP contribution in [0.25, 0.3) is 0 Å². The van der Waals surface area contributed by atoms with E-state index in [1.807, 2.05) is 18.2 Å². The summed E-state index contributed by atoms with van der Waals surface area (Å²) in [5.41, 5.74) is 2.50. The predicted octanol–water partition coefficient (Wildman–Crippen LogP) is 3.22. The molecule has 2 atom stereocenters. The molecular weight excluding hydrogens is 410 g/mol. The number of fused-ring (bicyclic) bond motifs is 1. The molecule has 3 rings (SSSR count). The van der Waals surface area contributed by atoms with Crippen LogP contribution in [0, 0.1) is 11.3 Å². The molecule has 1 aliphatic rings. The Labute approximate surface area is 186 Å². The highest BCUT2D eigenvalue weighted by Gasteiger charge is 2.30. The fourth-order valence-corrected chi connectivity index (χ4v) is 4.20. The molecule has 0 fully saturated rings. The Balaban J connectivity index is 1.61. The number of anilines is 1. The van der Waals surface area contributed by atoms with E-state index < -0.39 is 12.3 Å². The zero-order chi connectivity index (χ0) is 22.4. The number of thiazole rings is 1. The summed E-state index contributed by atoms with van der Waals surface area (Å²) < 4.78 is 0. The Kier molecular flexibility index (Phi) is 7.47. The first-order valence-corrected chi connectivity index (χ1v) is 10.7. The number of carbonyl (C=O) groups excluding carboxylic acids is 1. The summed E-state index contributed by atoms with van der Waals surface area (Å²) in [6.07, 6.45) is 9.56. The standard InChI is InChI=1S/C23H25N5O2S/c1-15(6-4-7-16(2)13-24)12-18-14-26-22(31-18)21(29)27-19-10-9-17-8-5-11-25-20(17)28(3)23(19)30/h4-8,11,14,19,21,27,29H,1,9-10,12H2,2-3H3/b6-4-,16-7+/t19-,21?/m0/s1. The molecule has 3 heterocycles. The molecule has 160 valence electrons. The molecule has 2 N–H and O–H groups in total. The number of carbonyl (C=O) groups is 1. The van der Waals surface area contributed by atoms with Crippen molar-refractivity contribution >= 4 is 23.1 Å². The molecule has 0 aromatic carbocycles. The molecule has 1 aliphatic heterocycles. The lowest BCUT2D eigenvalue weighted by atomic mass is 10.1.